The molecule has 4 rings (SSSR count). The van der Waals surface area contributed by atoms with Gasteiger partial charge in [0.15, 0.2) is 0 Å². The first-order valence-electron chi connectivity index (χ1n) is 11.3. The lowest BCUT2D eigenvalue weighted by atomic mass is 9.68. The number of imidazole rings is 1. The molecule has 4 nitrogen and oxygen atoms in total. The number of hydrogen-bond donors (Lipinski definition) is 1. The van der Waals surface area contributed by atoms with Crippen LogP contribution in [0.3, 0.4) is 0 Å². The van der Waals surface area contributed by atoms with E-state index in [9.17, 15) is 4.79 Å². The molecule has 3 aromatic rings. The molecule has 4 heteroatoms. The van der Waals surface area contributed by atoms with Crippen LogP contribution in [0.1, 0.15) is 75.0 Å². The van der Waals surface area contributed by atoms with Gasteiger partial charge in [-0.15, -0.1) is 0 Å². The number of carbonyl (C=O) groups excluding carboxylic acids is 1. The average molecular weight is 417 g/mol. The third kappa shape index (κ3) is 5.07. The summed E-state index contributed by atoms with van der Waals surface area (Å²) in [6.45, 7) is 6.95. The minimum absolute atomic E-state index is 0.143. The fourth-order valence-corrected chi connectivity index (χ4v) is 4.92. The number of esters is 1. The molecule has 1 fully saturated rings. The van der Waals surface area contributed by atoms with Crippen LogP contribution < -0.4 is 4.74 Å². The van der Waals surface area contributed by atoms with Crippen LogP contribution in [-0.4, -0.2) is 15.9 Å². The molecule has 1 aromatic heterocycles. The van der Waals surface area contributed by atoms with Crippen molar-refractivity contribution in [2.24, 2.45) is 11.3 Å². The highest BCUT2D eigenvalue weighted by Gasteiger charge is 2.36. The van der Waals surface area contributed by atoms with Crippen molar-refractivity contribution >= 4 is 5.97 Å². The van der Waals surface area contributed by atoms with Gasteiger partial charge in [-0.1, -0.05) is 70.4 Å². The molecule has 1 aliphatic rings. The predicted octanol–water partition coefficient (Wildman–Crippen LogP) is 7.01. The lowest BCUT2D eigenvalue weighted by Crippen LogP contribution is -2.28. The predicted molar refractivity (Wildman–Crippen MR) is 124 cm³/mol. The average Bonchev–Trinajstić information content (AvgIpc) is 3.24. The lowest BCUT2D eigenvalue weighted by Gasteiger charge is -2.38. The highest BCUT2D eigenvalue weighted by molar-refractivity contribution is 5.91. The van der Waals surface area contributed by atoms with E-state index in [2.05, 4.69) is 25.8 Å². The van der Waals surface area contributed by atoms with Crippen molar-refractivity contribution in [1.82, 2.24) is 9.97 Å². The van der Waals surface area contributed by atoms with Crippen molar-refractivity contribution in [2.45, 2.75) is 58.8 Å². The molecule has 0 aliphatic heterocycles. The summed E-state index contributed by atoms with van der Waals surface area (Å²) in [5, 5.41) is 0. The number of benzene rings is 2. The first-order valence-corrected chi connectivity index (χ1v) is 11.3. The third-order valence-electron chi connectivity index (χ3n) is 6.31. The highest BCUT2D eigenvalue weighted by atomic mass is 16.5. The van der Waals surface area contributed by atoms with Gasteiger partial charge in [0.2, 0.25) is 0 Å². The van der Waals surface area contributed by atoms with Crippen LogP contribution in [0.25, 0.3) is 11.3 Å². The molecule has 0 saturated heterocycles. The Hall–Kier alpha value is -2.88. The standard InChI is InChI=1S/C27H32N2O2/c1-27(2,3)24(19-11-6-4-7-12-19)25-28-18-23(29-25)21-15-10-16-22(17-21)31-26(30)20-13-8-5-9-14-20/h5,8-10,13-19,24H,4,6-7,11-12H2,1-3H3,(H,28,29). The lowest BCUT2D eigenvalue weighted by molar-refractivity contribution is 0.0735. The Morgan fingerprint density at radius 2 is 1.77 bits per heavy atom. The molecule has 0 amide bonds. The molecule has 2 aromatic carbocycles. The van der Waals surface area contributed by atoms with Gasteiger partial charge < -0.3 is 9.72 Å². The molecule has 1 saturated carbocycles. The van der Waals surface area contributed by atoms with Crippen LogP contribution in [0.4, 0.5) is 0 Å². The van der Waals surface area contributed by atoms with Crippen LogP contribution >= 0.6 is 0 Å². The Bertz CT molecular complexity index is 1010. The molecular formula is C27H32N2O2. The van der Waals surface area contributed by atoms with Gasteiger partial charge in [0, 0.05) is 11.5 Å². The smallest absolute Gasteiger partial charge is 0.343 e. The Kier molecular flexibility index (Phi) is 6.26. The van der Waals surface area contributed by atoms with E-state index in [1.165, 1.54) is 32.1 Å². The fourth-order valence-electron chi connectivity index (χ4n) is 4.92. The van der Waals surface area contributed by atoms with Crippen LogP contribution in [0, 0.1) is 11.3 Å². The highest BCUT2D eigenvalue weighted by Crippen LogP contribution is 2.45. The van der Waals surface area contributed by atoms with Crippen molar-refractivity contribution in [1.29, 1.82) is 0 Å². The van der Waals surface area contributed by atoms with Gasteiger partial charge in [-0.25, -0.2) is 9.78 Å². The van der Waals surface area contributed by atoms with E-state index in [0.717, 1.165) is 17.1 Å². The van der Waals surface area contributed by atoms with E-state index in [0.29, 0.717) is 23.1 Å². The topological polar surface area (TPSA) is 55.0 Å². The third-order valence-corrected chi connectivity index (χ3v) is 6.31. The molecule has 31 heavy (non-hydrogen) atoms. The molecule has 1 N–H and O–H groups in total. The number of rotatable bonds is 5. The monoisotopic (exact) mass is 416 g/mol. The Balaban J connectivity index is 1.55. The van der Waals surface area contributed by atoms with Gasteiger partial charge in [0.25, 0.3) is 0 Å². The molecular weight excluding hydrogens is 384 g/mol. The van der Waals surface area contributed by atoms with Gasteiger partial charge in [0.1, 0.15) is 11.6 Å². The number of H-pyrrole nitrogens is 1. The minimum Gasteiger partial charge on any atom is -0.423 e. The quantitative estimate of drug-likeness (QED) is 0.360. The maximum absolute atomic E-state index is 12.4. The van der Waals surface area contributed by atoms with Crippen LogP contribution in [0.2, 0.25) is 0 Å². The fraction of sp³-hybridized carbons (Fsp3) is 0.407. The van der Waals surface area contributed by atoms with Crippen LogP contribution in [0.15, 0.2) is 60.8 Å². The zero-order valence-electron chi connectivity index (χ0n) is 18.7. The first kappa shape index (κ1) is 21.4. The summed E-state index contributed by atoms with van der Waals surface area (Å²) in [5.41, 5.74) is 2.60. The molecule has 1 aliphatic carbocycles. The maximum atomic E-state index is 12.4. The van der Waals surface area contributed by atoms with Gasteiger partial charge in [-0.3, -0.25) is 0 Å². The Labute approximate surface area is 185 Å². The molecule has 0 spiro atoms. The zero-order chi connectivity index (χ0) is 21.8. The van der Waals surface area contributed by atoms with Crippen molar-refractivity contribution in [2.75, 3.05) is 0 Å². The Morgan fingerprint density at radius 1 is 1.03 bits per heavy atom. The van der Waals surface area contributed by atoms with E-state index in [1.807, 2.05) is 48.7 Å². The van der Waals surface area contributed by atoms with Crippen LogP contribution in [-0.2, 0) is 0 Å². The number of carbonyl (C=O) groups is 1. The minimum atomic E-state index is -0.354. The van der Waals surface area contributed by atoms with Gasteiger partial charge >= 0.3 is 5.97 Å². The van der Waals surface area contributed by atoms with Crippen molar-refractivity contribution in [3.63, 3.8) is 0 Å². The summed E-state index contributed by atoms with van der Waals surface area (Å²) < 4.78 is 5.59. The SMILES string of the molecule is CC(C)(C)C(c1ncc(-c2cccc(OC(=O)c3ccccc3)c2)[nH]1)C1CCCCC1. The van der Waals surface area contributed by atoms with E-state index in [1.54, 1.807) is 12.1 Å². The Morgan fingerprint density at radius 3 is 2.48 bits per heavy atom. The van der Waals surface area contributed by atoms with Crippen molar-refractivity contribution in [3.8, 4) is 17.0 Å². The van der Waals surface area contributed by atoms with E-state index in [-0.39, 0.29) is 11.4 Å². The van der Waals surface area contributed by atoms with E-state index in [4.69, 9.17) is 9.72 Å². The zero-order valence-corrected chi connectivity index (χ0v) is 18.7. The summed E-state index contributed by atoms with van der Waals surface area (Å²) in [7, 11) is 0. The molecule has 162 valence electrons. The second kappa shape index (κ2) is 9.09. The first-order chi connectivity index (χ1) is 14.9. The van der Waals surface area contributed by atoms with Crippen LogP contribution in [0.5, 0.6) is 5.75 Å². The summed E-state index contributed by atoms with van der Waals surface area (Å²) in [6, 6.07) is 16.7. The maximum Gasteiger partial charge on any atom is 0.343 e. The molecule has 1 unspecified atom stereocenters. The largest absolute Gasteiger partial charge is 0.423 e. The second-order valence-corrected chi connectivity index (χ2v) is 9.71. The summed E-state index contributed by atoms with van der Waals surface area (Å²) in [4.78, 5) is 20.8. The number of hydrogen-bond acceptors (Lipinski definition) is 3. The number of aromatic nitrogens is 2. The van der Waals surface area contributed by atoms with Crippen molar-refractivity contribution < 1.29 is 9.53 Å². The second-order valence-electron chi connectivity index (χ2n) is 9.71. The molecule has 0 bridgehead atoms. The van der Waals surface area contributed by atoms with E-state index >= 15 is 0 Å². The number of nitrogens with zero attached hydrogens (tertiary/aromatic N) is 1. The summed E-state index contributed by atoms with van der Waals surface area (Å²) in [5.74, 6) is 2.32. The summed E-state index contributed by atoms with van der Waals surface area (Å²) in [6.07, 6.45) is 8.46. The van der Waals surface area contributed by atoms with Gasteiger partial charge in [-0.2, -0.15) is 0 Å². The molecule has 1 heterocycles. The summed E-state index contributed by atoms with van der Waals surface area (Å²) >= 11 is 0. The number of nitrogens with one attached hydrogen (secondary N) is 1. The van der Waals surface area contributed by atoms with E-state index < -0.39 is 0 Å². The molecule has 1 atom stereocenters. The normalized spacial score (nSPS) is 16.1. The van der Waals surface area contributed by atoms with Gasteiger partial charge in [-0.05, 0) is 48.4 Å². The van der Waals surface area contributed by atoms with Gasteiger partial charge in [0.05, 0.1) is 17.5 Å². The van der Waals surface area contributed by atoms with Crippen molar-refractivity contribution in [3.05, 3.63) is 72.2 Å². The number of aromatic amines is 1. The number of ether oxygens (including phenoxy) is 1. The molecule has 0 radical (unpaired) electrons.